The highest BCUT2D eigenvalue weighted by Gasteiger charge is 2.54. The molecule has 25 heavy (non-hydrogen) atoms. The average molecular weight is 348 g/mol. The summed E-state index contributed by atoms with van der Waals surface area (Å²) >= 11 is 0. The first-order valence-electron chi connectivity index (χ1n) is 8.19. The van der Waals surface area contributed by atoms with Crippen molar-refractivity contribution >= 4 is 29.7 Å². The minimum absolute atomic E-state index is 0.388. The van der Waals surface area contributed by atoms with E-state index in [1.807, 2.05) is 18.4 Å². The zero-order chi connectivity index (χ0) is 18.5. The molecule has 2 aliphatic rings. The van der Waals surface area contributed by atoms with Crippen molar-refractivity contribution in [2.24, 2.45) is 4.99 Å². The van der Waals surface area contributed by atoms with Crippen LogP contribution < -0.4 is 4.57 Å². The zero-order valence-electron chi connectivity index (χ0n) is 15.1. The van der Waals surface area contributed by atoms with Crippen LogP contribution in [-0.2, 0) is 20.9 Å². The van der Waals surface area contributed by atoms with Crippen molar-refractivity contribution in [3.05, 3.63) is 11.4 Å². The Labute approximate surface area is 145 Å². The van der Waals surface area contributed by atoms with Crippen molar-refractivity contribution in [1.82, 2.24) is 14.4 Å². The fraction of sp³-hybridized carbons (Fsp3) is 0.562. The lowest BCUT2D eigenvalue weighted by Crippen LogP contribution is -2.58. The first-order chi connectivity index (χ1) is 11.8. The van der Waals surface area contributed by atoms with E-state index in [4.69, 9.17) is 0 Å². The molecule has 9 heteroatoms. The van der Waals surface area contributed by atoms with E-state index in [0.717, 1.165) is 29.3 Å². The second kappa shape index (κ2) is 5.98. The van der Waals surface area contributed by atoms with Crippen molar-refractivity contribution in [1.29, 1.82) is 0 Å². The normalized spacial score (nSPS) is 19.1. The molecule has 2 aliphatic heterocycles. The largest absolute Gasteiger partial charge is 0.468 e. The van der Waals surface area contributed by atoms with Crippen LogP contribution in [0.5, 0.6) is 0 Å². The number of nitrogens with zero attached hydrogens (tertiary/aromatic N) is 5. The van der Waals surface area contributed by atoms with Gasteiger partial charge in [0.2, 0.25) is 11.9 Å². The minimum atomic E-state index is -0.737. The molecule has 1 saturated heterocycles. The second-order valence-corrected chi connectivity index (χ2v) is 6.21. The second-order valence-electron chi connectivity index (χ2n) is 6.21. The van der Waals surface area contributed by atoms with Gasteiger partial charge in [-0.05, 0) is 20.3 Å². The predicted octanol–water partition coefficient (Wildman–Crippen LogP) is 0.454. The van der Waals surface area contributed by atoms with Crippen LogP contribution in [0.2, 0.25) is 0 Å². The number of imidazole rings is 1. The molecule has 0 N–H and O–H groups in total. The lowest BCUT2D eigenvalue weighted by atomic mass is 10.1. The van der Waals surface area contributed by atoms with Crippen LogP contribution in [0.15, 0.2) is 4.99 Å². The van der Waals surface area contributed by atoms with E-state index in [9.17, 15) is 14.4 Å². The molecule has 1 atom stereocenters. The molecule has 0 aliphatic carbocycles. The van der Waals surface area contributed by atoms with E-state index < -0.39 is 30.5 Å². The van der Waals surface area contributed by atoms with Gasteiger partial charge in [0.05, 0.1) is 13.7 Å². The standard InChI is InChI=1S/C16H22N5O4/c1-6-7-19-9(2)10(3)21-12-13(17-15(19)21)18(4)16(24)20(14(12)23)8-11(22)25-5/h12H,6-8H2,1-5H3/q+1. The maximum absolute atomic E-state index is 13.0. The Morgan fingerprint density at radius 1 is 1.32 bits per heavy atom. The fourth-order valence-electron chi connectivity index (χ4n) is 3.33. The van der Waals surface area contributed by atoms with Crippen LogP contribution in [-0.4, -0.2) is 58.8 Å². The van der Waals surface area contributed by atoms with Gasteiger partial charge >= 0.3 is 17.9 Å². The van der Waals surface area contributed by atoms with Crippen LogP contribution in [0.1, 0.15) is 30.8 Å². The van der Waals surface area contributed by atoms with E-state index in [1.54, 1.807) is 7.05 Å². The van der Waals surface area contributed by atoms with Crippen molar-refractivity contribution in [2.45, 2.75) is 39.8 Å². The number of methoxy groups -OCH3 is 1. The molecule has 3 heterocycles. The first-order valence-corrected chi connectivity index (χ1v) is 8.19. The van der Waals surface area contributed by atoms with Gasteiger partial charge in [-0.25, -0.2) is 18.8 Å². The van der Waals surface area contributed by atoms with Gasteiger partial charge in [-0.15, -0.1) is 0 Å². The molecule has 0 bridgehead atoms. The van der Waals surface area contributed by atoms with Crippen molar-refractivity contribution in [3.63, 3.8) is 0 Å². The van der Waals surface area contributed by atoms with Crippen LogP contribution >= 0.6 is 0 Å². The summed E-state index contributed by atoms with van der Waals surface area (Å²) in [5, 5.41) is 0. The van der Waals surface area contributed by atoms with Gasteiger partial charge < -0.3 is 4.74 Å². The topological polar surface area (TPSA) is 88.1 Å². The molecule has 1 aromatic rings. The number of hydrogen-bond donors (Lipinski definition) is 0. The number of urea groups is 1. The summed E-state index contributed by atoms with van der Waals surface area (Å²) in [7, 11) is 2.78. The number of esters is 1. The van der Waals surface area contributed by atoms with Gasteiger partial charge in [0.15, 0.2) is 0 Å². The summed E-state index contributed by atoms with van der Waals surface area (Å²) < 4.78 is 8.50. The third-order valence-corrected chi connectivity index (χ3v) is 4.79. The number of likely N-dealkylation sites (N-methyl/N-ethyl adjacent to an activating group) is 1. The maximum atomic E-state index is 13.0. The number of amides is 3. The van der Waals surface area contributed by atoms with Gasteiger partial charge in [-0.2, -0.15) is 0 Å². The van der Waals surface area contributed by atoms with E-state index in [1.165, 1.54) is 12.0 Å². The van der Waals surface area contributed by atoms with Crippen molar-refractivity contribution in [2.75, 3.05) is 20.7 Å². The first kappa shape index (κ1) is 17.1. The van der Waals surface area contributed by atoms with Crippen molar-refractivity contribution < 1.29 is 23.7 Å². The monoisotopic (exact) mass is 348 g/mol. The van der Waals surface area contributed by atoms with E-state index in [0.29, 0.717) is 11.8 Å². The molecule has 134 valence electrons. The summed E-state index contributed by atoms with van der Waals surface area (Å²) in [4.78, 5) is 43.9. The quantitative estimate of drug-likeness (QED) is 0.584. The summed E-state index contributed by atoms with van der Waals surface area (Å²) in [6, 6.07) is -1.31. The average Bonchev–Trinajstić information content (AvgIpc) is 3.09. The zero-order valence-corrected chi connectivity index (χ0v) is 15.1. The molecule has 1 unspecified atom stereocenters. The highest BCUT2D eigenvalue weighted by Crippen LogP contribution is 2.35. The summed E-state index contributed by atoms with van der Waals surface area (Å²) in [6.45, 7) is 6.35. The summed E-state index contributed by atoms with van der Waals surface area (Å²) in [5.74, 6) is -0.0632. The molecule has 9 nitrogen and oxygen atoms in total. The smallest absolute Gasteiger partial charge is 0.402 e. The molecule has 0 aromatic carbocycles. The Balaban J connectivity index is 2.09. The van der Waals surface area contributed by atoms with Gasteiger partial charge in [-0.1, -0.05) is 11.9 Å². The molecule has 1 fully saturated rings. The fourth-order valence-corrected chi connectivity index (χ4v) is 3.33. The third kappa shape index (κ3) is 2.33. The van der Waals surface area contributed by atoms with Gasteiger partial charge in [0.1, 0.15) is 17.9 Å². The number of fused-ring (bicyclic) bond motifs is 3. The molecule has 0 saturated carbocycles. The molecule has 0 spiro atoms. The Morgan fingerprint density at radius 2 is 2.00 bits per heavy atom. The van der Waals surface area contributed by atoms with Crippen molar-refractivity contribution in [3.8, 4) is 0 Å². The number of carbonyl (C=O) groups is 3. The number of carbonyl (C=O) groups excluding carboxylic acids is 3. The summed E-state index contributed by atoms with van der Waals surface area (Å²) in [5.41, 5.74) is 1.95. The Kier molecular flexibility index (Phi) is 4.09. The van der Waals surface area contributed by atoms with Crippen LogP contribution in [0, 0.1) is 13.8 Å². The SMILES string of the molecule is CCC[n+]1c(C)c(C)n2c1N=C1C2C(=O)N(CC(=O)OC)C(=O)N1C. The van der Waals surface area contributed by atoms with Gasteiger partial charge in [0.25, 0.3) is 5.91 Å². The summed E-state index contributed by atoms with van der Waals surface area (Å²) in [6.07, 6.45) is 0.925. The van der Waals surface area contributed by atoms with Crippen LogP contribution in [0.25, 0.3) is 0 Å². The molecule has 0 radical (unpaired) electrons. The Bertz CT molecular complexity index is 810. The number of hydrogen-bond acceptors (Lipinski definition) is 5. The Hall–Kier alpha value is -2.71. The van der Waals surface area contributed by atoms with Crippen LogP contribution in [0.4, 0.5) is 10.7 Å². The number of rotatable bonds is 4. The number of imide groups is 1. The van der Waals surface area contributed by atoms with Gasteiger partial charge in [0, 0.05) is 7.05 Å². The molecular weight excluding hydrogens is 326 g/mol. The highest BCUT2D eigenvalue weighted by molar-refractivity contribution is 6.21. The maximum Gasteiger partial charge on any atom is 0.402 e. The van der Waals surface area contributed by atoms with E-state index >= 15 is 0 Å². The third-order valence-electron chi connectivity index (χ3n) is 4.79. The Morgan fingerprint density at radius 3 is 2.60 bits per heavy atom. The minimum Gasteiger partial charge on any atom is -0.468 e. The number of aliphatic imine (C=N–C) groups is 1. The molecular formula is C16H22N5O4+. The lowest BCUT2D eigenvalue weighted by Gasteiger charge is -2.32. The van der Waals surface area contributed by atoms with E-state index in [-0.39, 0.29) is 0 Å². The van der Waals surface area contributed by atoms with Crippen LogP contribution in [0.3, 0.4) is 0 Å². The number of amidine groups is 1. The van der Waals surface area contributed by atoms with Gasteiger partial charge in [-0.3, -0.25) is 14.5 Å². The lowest BCUT2D eigenvalue weighted by molar-refractivity contribution is -0.689. The highest BCUT2D eigenvalue weighted by atomic mass is 16.5. The number of ether oxygens (including phenoxy) is 1. The number of aromatic nitrogens is 2. The van der Waals surface area contributed by atoms with E-state index in [2.05, 4.69) is 21.2 Å². The molecule has 1 aromatic heterocycles. The predicted molar refractivity (Wildman–Crippen MR) is 87.4 cm³/mol. The molecule has 3 amide bonds. The molecule has 3 rings (SSSR count).